The molecule has 4 heterocycles. The molecule has 3 aromatic carbocycles. The molecule has 2 saturated heterocycles. The summed E-state index contributed by atoms with van der Waals surface area (Å²) in [6.07, 6.45) is 2.07. The van der Waals surface area contributed by atoms with E-state index in [9.17, 15) is 18.9 Å². The number of hydrogen-bond donors (Lipinski definition) is 3. The molecule has 0 spiro atoms. The molecule has 0 saturated carbocycles. The lowest BCUT2D eigenvalue weighted by molar-refractivity contribution is -0.136. The molecular weight excluding hydrogens is 783 g/mol. The molecule has 4 aromatic rings. The summed E-state index contributed by atoms with van der Waals surface area (Å²) in [4.78, 5) is 52.6. The standard InChI is InChI=1S/C37H39BrClN8O5P/c1-52-30-18-23(9-11-27(30)42-37-40-19-26(39)34(44-37)41-28-6-4-5-7-31(28)53(2,3)51)46-16-14-45(15-17-46)20-22-8-10-24-25(33(22)38)21-47(36(24)50)29-12-13-32(48)43-35(29)49/h4-11,18-19,29H,12-17,20-21H2,1-3H3,(H,43,48,49)(H2,40,41,42,44). The first kappa shape index (κ1) is 36.9. The number of nitrogens with zero attached hydrogens (tertiary/aromatic N) is 5. The fourth-order valence-electron chi connectivity index (χ4n) is 6.97. The molecule has 2 fully saturated rings. The van der Waals surface area contributed by atoms with E-state index in [0.29, 0.717) is 64.3 Å². The Labute approximate surface area is 320 Å². The third-order valence-corrected chi connectivity index (χ3v) is 12.6. The number of nitrogens with one attached hydrogen (secondary N) is 3. The second-order valence-corrected chi connectivity index (χ2v) is 18.0. The number of fused-ring (bicyclic) bond motifs is 1. The monoisotopic (exact) mass is 820 g/mol. The van der Waals surface area contributed by atoms with Gasteiger partial charge < -0.3 is 29.7 Å². The van der Waals surface area contributed by atoms with Gasteiger partial charge in [0.05, 0.1) is 24.7 Å². The SMILES string of the molecule is COc1cc(N2CCN(Cc3ccc4c(c3Br)CN(C3CCC(=O)NC3=O)C4=O)CC2)ccc1Nc1ncc(Cl)c(Nc2ccccc2P(C)(C)=O)n1. The molecule has 1 atom stereocenters. The van der Waals surface area contributed by atoms with Gasteiger partial charge in [-0.1, -0.05) is 45.7 Å². The summed E-state index contributed by atoms with van der Waals surface area (Å²) in [6.45, 7) is 7.75. The lowest BCUT2D eigenvalue weighted by Gasteiger charge is -2.36. The van der Waals surface area contributed by atoms with E-state index in [2.05, 4.69) is 51.6 Å². The van der Waals surface area contributed by atoms with E-state index < -0.39 is 19.1 Å². The number of para-hydroxylation sites is 1. The van der Waals surface area contributed by atoms with Crippen LogP contribution in [-0.2, 0) is 27.2 Å². The lowest BCUT2D eigenvalue weighted by atomic mass is 10.0. The van der Waals surface area contributed by atoms with Crippen molar-refractivity contribution >= 4 is 86.5 Å². The van der Waals surface area contributed by atoms with E-state index in [1.165, 1.54) is 6.20 Å². The number of carbonyl (C=O) groups excluding carboxylic acids is 3. The van der Waals surface area contributed by atoms with Crippen LogP contribution in [0.3, 0.4) is 0 Å². The molecule has 3 amide bonds. The van der Waals surface area contributed by atoms with Crippen LogP contribution in [0.2, 0.25) is 5.02 Å². The van der Waals surface area contributed by atoms with Crippen LogP contribution in [0.4, 0.5) is 28.8 Å². The Bertz CT molecular complexity index is 2160. The summed E-state index contributed by atoms with van der Waals surface area (Å²) in [7, 11) is -0.937. The Balaban J connectivity index is 0.983. The van der Waals surface area contributed by atoms with Crippen LogP contribution in [0.15, 0.2) is 65.3 Å². The number of piperazine rings is 1. The summed E-state index contributed by atoms with van der Waals surface area (Å²) in [6, 6.07) is 16.5. The van der Waals surface area contributed by atoms with Crippen molar-refractivity contribution in [2.24, 2.45) is 0 Å². The zero-order valence-corrected chi connectivity index (χ0v) is 32.7. The van der Waals surface area contributed by atoms with Gasteiger partial charge in [0.1, 0.15) is 24.0 Å². The number of ether oxygens (including phenoxy) is 1. The zero-order valence-electron chi connectivity index (χ0n) is 29.5. The number of methoxy groups -OCH3 is 1. The molecule has 3 N–H and O–H groups in total. The number of imide groups is 1. The van der Waals surface area contributed by atoms with E-state index in [0.717, 1.165) is 47.5 Å². The van der Waals surface area contributed by atoms with Gasteiger partial charge in [0.15, 0.2) is 5.82 Å². The van der Waals surface area contributed by atoms with E-state index in [1.54, 1.807) is 25.3 Å². The molecule has 13 nitrogen and oxygen atoms in total. The highest BCUT2D eigenvalue weighted by molar-refractivity contribution is 9.10. The van der Waals surface area contributed by atoms with Crippen LogP contribution in [-0.4, -0.2) is 90.1 Å². The van der Waals surface area contributed by atoms with Gasteiger partial charge in [-0.15, -0.1) is 0 Å². The fraction of sp³-hybridized carbons (Fsp3) is 0.324. The Morgan fingerprint density at radius 1 is 1.02 bits per heavy atom. The fourth-order valence-corrected chi connectivity index (χ4v) is 8.86. The van der Waals surface area contributed by atoms with Gasteiger partial charge in [0.2, 0.25) is 17.8 Å². The molecule has 1 aromatic heterocycles. The van der Waals surface area contributed by atoms with Crippen molar-refractivity contribution in [3.05, 3.63) is 87.0 Å². The number of aromatic nitrogens is 2. The highest BCUT2D eigenvalue weighted by atomic mass is 79.9. The largest absolute Gasteiger partial charge is 0.494 e. The first-order valence-corrected chi connectivity index (χ1v) is 21.0. The predicted octanol–water partition coefficient (Wildman–Crippen LogP) is 5.72. The van der Waals surface area contributed by atoms with Gasteiger partial charge in [-0.2, -0.15) is 4.98 Å². The molecule has 3 aliphatic rings. The third kappa shape index (κ3) is 7.77. The van der Waals surface area contributed by atoms with Crippen LogP contribution in [0.25, 0.3) is 0 Å². The molecule has 16 heteroatoms. The molecule has 0 aliphatic carbocycles. The highest BCUT2D eigenvalue weighted by Gasteiger charge is 2.40. The van der Waals surface area contributed by atoms with Gasteiger partial charge >= 0.3 is 0 Å². The summed E-state index contributed by atoms with van der Waals surface area (Å²) < 4.78 is 19.5. The molecule has 7 rings (SSSR count). The lowest BCUT2D eigenvalue weighted by Crippen LogP contribution is -2.52. The molecule has 276 valence electrons. The van der Waals surface area contributed by atoms with Gasteiger partial charge in [-0.3, -0.25) is 24.6 Å². The van der Waals surface area contributed by atoms with Crippen molar-refractivity contribution in [2.45, 2.75) is 32.0 Å². The van der Waals surface area contributed by atoms with E-state index >= 15 is 0 Å². The summed E-state index contributed by atoms with van der Waals surface area (Å²) in [5.74, 6) is 0.431. The minimum atomic E-state index is -2.56. The second-order valence-electron chi connectivity index (χ2n) is 13.6. The molecule has 1 unspecified atom stereocenters. The number of amides is 3. The smallest absolute Gasteiger partial charge is 0.255 e. The number of rotatable bonds is 10. The summed E-state index contributed by atoms with van der Waals surface area (Å²) in [5, 5.41) is 9.86. The van der Waals surface area contributed by atoms with Crippen LogP contribution in [0, 0.1) is 0 Å². The number of anilines is 5. The van der Waals surface area contributed by atoms with Crippen LogP contribution in [0.1, 0.15) is 34.3 Å². The number of piperidine rings is 1. The molecule has 3 aliphatic heterocycles. The minimum absolute atomic E-state index is 0.182. The van der Waals surface area contributed by atoms with Crippen LogP contribution >= 0.6 is 34.7 Å². The molecule has 0 radical (unpaired) electrons. The second kappa shape index (κ2) is 15.1. The number of halogens is 2. The number of hydrogen-bond acceptors (Lipinski definition) is 11. The van der Waals surface area contributed by atoms with Crippen LogP contribution < -0.4 is 30.9 Å². The maximum atomic E-state index is 13.2. The molecule has 53 heavy (non-hydrogen) atoms. The topological polar surface area (TPSA) is 149 Å². The minimum Gasteiger partial charge on any atom is -0.494 e. The Hall–Kier alpha value is -4.49. The highest BCUT2D eigenvalue weighted by Crippen LogP contribution is 2.39. The van der Waals surface area contributed by atoms with Crippen molar-refractivity contribution in [1.82, 2.24) is 25.1 Å². The predicted molar refractivity (Wildman–Crippen MR) is 210 cm³/mol. The zero-order chi connectivity index (χ0) is 37.4. The number of carbonyl (C=O) groups is 3. The van der Waals surface area contributed by atoms with Crippen molar-refractivity contribution < 1.29 is 23.7 Å². The average Bonchev–Trinajstić information content (AvgIpc) is 3.47. The van der Waals surface area contributed by atoms with Crippen molar-refractivity contribution in [1.29, 1.82) is 0 Å². The molecular formula is C37H39BrClN8O5P. The number of benzene rings is 3. The van der Waals surface area contributed by atoms with Gasteiger partial charge in [-0.05, 0) is 61.2 Å². The van der Waals surface area contributed by atoms with Crippen molar-refractivity contribution in [2.75, 3.05) is 62.2 Å². The quantitative estimate of drug-likeness (QED) is 0.133. The average molecular weight is 822 g/mol. The summed E-state index contributed by atoms with van der Waals surface area (Å²) in [5.41, 5.74) is 4.93. The van der Waals surface area contributed by atoms with Gasteiger partial charge in [-0.25, -0.2) is 4.98 Å². The van der Waals surface area contributed by atoms with Crippen LogP contribution in [0.5, 0.6) is 5.75 Å². The third-order valence-electron chi connectivity index (χ3n) is 9.77. The first-order valence-electron chi connectivity index (χ1n) is 17.2. The van der Waals surface area contributed by atoms with Crippen molar-refractivity contribution in [3.63, 3.8) is 0 Å². The normalized spacial score (nSPS) is 17.8. The first-order chi connectivity index (χ1) is 25.4. The van der Waals surface area contributed by atoms with E-state index in [4.69, 9.17) is 16.3 Å². The summed E-state index contributed by atoms with van der Waals surface area (Å²) >= 11 is 10.2. The van der Waals surface area contributed by atoms with E-state index in [1.807, 2.05) is 54.6 Å². The molecule has 0 bridgehead atoms. The maximum absolute atomic E-state index is 13.2. The van der Waals surface area contributed by atoms with Crippen molar-refractivity contribution in [3.8, 4) is 5.75 Å². The van der Waals surface area contributed by atoms with Gasteiger partial charge in [0, 0.05) is 72.8 Å². The maximum Gasteiger partial charge on any atom is 0.255 e. The van der Waals surface area contributed by atoms with E-state index in [-0.39, 0.29) is 18.2 Å². The Kier molecular flexibility index (Phi) is 10.5. The Morgan fingerprint density at radius 3 is 2.53 bits per heavy atom. The van der Waals surface area contributed by atoms with Gasteiger partial charge in [0.25, 0.3) is 5.91 Å². The Morgan fingerprint density at radius 2 is 1.79 bits per heavy atom.